The molecule has 0 aromatic heterocycles. The van der Waals surface area contributed by atoms with E-state index in [0.29, 0.717) is 33.8 Å². The van der Waals surface area contributed by atoms with E-state index < -0.39 is 11.8 Å². The number of ether oxygens (including phenoxy) is 1. The Hall–Kier alpha value is -3.35. The van der Waals surface area contributed by atoms with Gasteiger partial charge in [0.2, 0.25) is 0 Å². The summed E-state index contributed by atoms with van der Waals surface area (Å²) in [6.07, 6.45) is 0. The van der Waals surface area contributed by atoms with Crippen LogP contribution in [0.5, 0.6) is 5.75 Å². The Morgan fingerprint density at radius 1 is 0.938 bits per heavy atom. The highest BCUT2D eigenvalue weighted by Gasteiger charge is 2.14. The standard InChI is InChI=1S/C24H21Cl2N3O3/c1-15-3-10-20(13-22(15)26)27-23(30)24(31)29-28-16(2)18-6-11-21(12-7-18)32-14-17-4-8-19(25)9-5-17/h3-13H,14H2,1-2H3,(H,27,30)(H,29,31)/b28-16+. The fourth-order valence-corrected chi connectivity index (χ4v) is 2.95. The van der Waals surface area contributed by atoms with Gasteiger partial charge in [0.15, 0.2) is 0 Å². The molecule has 2 amide bonds. The maximum absolute atomic E-state index is 12.1. The van der Waals surface area contributed by atoms with Crippen LogP contribution in [-0.4, -0.2) is 17.5 Å². The van der Waals surface area contributed by atoms with E-state index in [1.54, 1.807) is 37.3 Å². The van der Waals surface area contributed by atoms with Gasteiger partial charge in [-0.15, -0.1) is 0 Å². The van der Waals surface area contributed by atoms with Gasteiger partial charge in [0.1, 0.15) is 12.4 Å². The molecule has 8 heteroatoms. The highest BCUT2D eigenvalue weighted by molar-refractivity contribution is 6.40. The quantitative estimate of drug-likeness (QED) is 0.289. The number of hydrogen-bond acceptors (Lipinski definition) is 4. The summed E-state index contributed by atoms with van der Waals surface area (Å²) in [4.78, 5) is 24.1. The average molecular weight is 470 g/mol. The third-order valence-corrected chi connectivity index (χ3v) is 5.21. The molecule has 0 fully saturated rings. The molecule has 3 aromatic carbocycles. The number of benzene rings is 3. The predicted octanol–water partition coefficient (Wildman–Crippen LogP) is 5.36. The zero-order valence-corrected chi connectivity index (χ0v) is 19.0. The van der Waals surface area contributed by atoms with Crippen molar-refractivity contribution in [2.75, 3.05) is 5.32 Å². The normalized spacial score (nSPS) is 11.1. The lowest BCUT2D eigenvalue weighted by Crippen LogP contribution is -2.32. The molecule has 0 saturated heterocycles. The Labute approximate surface area is 196 Å². The second kappa shape index (κ2) is 10.8. The van der Waals surface area contributed by atoms with E-state index in [9.17, 15) is 9.59 Å². The van der Waals surface area contributed by atoms with Crippen LogP contribution in [0, 0.1) is 6.92 Å². The first-order valence-electron chi connectivity index (χ1n) is 9.71. The minimum absolute atomic E-state index is 0.418. The number of carbonyl (C=O) groups is 2. The van der Waals surface area contributed by atoms with Crippen LogP contribution < -0.4 is 15.5 Å². The number of hydrazone groups is 1. The van der Waals surface area contributed by atoms with Gasteiger partial charge in [-0.2, -0.15) is 5.10 Å². The van der Waals surface area contributed by atoms with Gasteiger partial charge in [0.25, 0.3) is 0 Å². The van der Waals surface area contributed by atoms with E-state index in [4.69, 9.17) is 27.9 Å². The average Bonchev–Trinajstić information content (AvgIpc) is 2.79. The van der Waals surface area contributed by atoms with Crippen molar-refractivity contribution in [3.63, 3.8) is 0 Å². The number of amides is 2. The molecule has 2 N–H and O–H groups in total. The summed E-state index contributed by atoms with van der Waals surface area (Å²) in [5, 5.41) is 7.66. The molecule has 0 radical (unpaired) electrons. The first-order valence-corrected chi connectivity index (χ1v) is 10.5. The number of rotatable bonds is 6. The molecule has 0 heterocycles. The Bertz CT molecular complexity index is 1140. The second-order valence-electron chi connectivity index (χ2n) is 7.00. The number of carbonyl (C=O) groups excluding carboxylic acids is 2. The van der Waals surface area contributed by atoms with Gasteiger partial charge in [-0.25, -0.2) is 5.43 Å². The Morgan fingerprint density at radius 2 is 1.62 bits per heavy atom. The van der Waals surface area contributed by atoms with Crippen LogP contribution in [0.2, 0.25) is 10.0 Å². The topological polar surface area (TPSA) is 79.8 Å². The van der Waals surface area contributed by atoms with Crippen molar-refractivity contribution < 1.29 is 14.3 Å². The minimum Gasteiger partial charge on any atom is -0.489 e. The van der Waals surface area contributed by atoms with E-state index in [-0.39, 0.29) is 0 Å². The zero-order chi connectivity index (χ0) is 23.1. The second-order valence-corrected chi connectivity index (χ2v) is 7.84. The van der Waals surface area contributed by atoms with Crippen molar-refractivity contribution in [1.29, 1.82) is 0 Å². The number of hydrogen-bond donors (Lipinski definition) is 2. The minimum atomic E-state index is -0.885. The lowest BCUT2D eigenvalue weighted by atomic mass is 10.1. The Balaban J connectivity index is 1.53. The third-order valence-electron chi connectivity index (χ3n) is 4.55. The van der Waals surface area contributed by atoms with Gasteiger partial charge in [-0.1, -0.05) is 41.4 Å². The highest BCUT2D eigenvalue weighted by Crippen LogP contribution is 2.20. The molecule has 0 saturated carbocycles. The van der Waals surface area contributed by atoms with Crippen LogP contribution in [0.15, 0.2) is 71.8 Å². The molecule has 0 unspecified atom stereocenters. The highest BCUT2D eigenvalue weighted by atomic mass is 35.5. The summed E-state index contributed by atoms with van der Waals surface area (Å²) < 4.78 is 5.75. The molecule has 0 bridgehead atoms. The zero-order valence-electron chi connectivity index (χ0n) is 17.5. The van der Waals surface area contributed by atoms with Gasteiger partial charge in [0.05, 0.1) is 5.71 Å². The van der Waals surface area contributed by atoms with E-state index in [2.05, 4.69) is 15.8 Å². The molecule has 3 aromatic rings. The molecule has 0 aliphatic carbocycles. The van der Waals surface area contributed by atoms with Crippen molar-refractivity contribution in [2.24, 2.45) is 5.10 Å². The van der Waals surface area contributed by atoms with Crippen molar-refractivity contribution in [1.82, 2.24) is 5.43 Å². The van der Waals surface area contributed by atoms with Crippen molar-refractivity contribution >= 4 is 46.4 Å². The molecule has 32 heavy (non-hydrogen) atoms. The largest absolute Gasteiger partial charge is 0.489 e. The van der Waals surface area contributed by atoms with Crippen molar-refractivity contribution in [3.05, 3.63) is 93.5 Å². The van der Waals surface area contributed by atoms with Crippen LogP contribution >= 0.6 is 23.2 Å². The molecular weight excluding hydrogens is 449 g/mol. The van der Waals surface area contributed by atoms with Crippen LogP contribution in [0.25, 0.3) is 0 Å². The molecule has 0 atom stereocenters. The van der Waals surface area contributed by atoms with Gasteiger partial charge < -0.3 is 10.1 Å². The SMILES string of the molecule is C/C(=N\NC(=O)C(=O)Nc1ccc(C)c(Cl)c1)c1ccc(OCc2ccc(Cl)cc2)cc1. The molecule has 0 spiro atoms. The van der Waals surface area contributed by atoms with Gasteiger partial charge in [-0.05, 0) is 79.1 Å². The van der Waals surface area contributed by atoms with Crippen LogP contribution in [0.1, 0.15) is 23.6 Å². The summed E-state index contributed by atoms with van der Waals surface area (Å²) in [5.74, 6) is -1.03. The summed E-state index contributed by atoms with van der Waals surface area (Å²) >= 11 is 11.9. The van der Waals surface area contributed by atoms with Crippen LogP contribution in [0.3, 0.4) is 0 Å². The molecular formula is C24H21Cl2N3O3. The van der Waals surface area contributed by atoms with Crippen molar-refractivity contribution in [2.45, 2.75) is 20.5 Å². The maximum Gasteiger partial charge on any atom is 0.329 e. The smallest absolute Gasteiger partial charge is 0.329 e. The lowest BCUT2D eigenvalue weighted by molar-refractivity contribution is -0.136. The predicted molar refractivity (Wildman–Crippen MR) is 127 cm³/mol. The summed E-state index contributed by atoms with van der Waals surface area (Å²) in [6.45, 7) is 3.99. The summed E-state index contributed by atoms with van der Waals surface area (Å²) in [6, 6.07) is 19.7. The number of halogens is 2. The summed E-state index contributed by atoms with van der Waals surface area (Å²) in [7, 11) is 0. The van der Waals surface area contributed by atoms with E-state index in [1.165, 1.54) is 0 Å². The molecule has 164 valence electrons. The molecule has 0 aliphatic heterocycles. The van der Waals surface area contributed by atoms with Crippen LogP contribution in [-0.2, 0) is 16.2 Å². The Kier molecular flexibility index (Phi) is 7.87. The number of anilines is 1. The first-order chi connectivity index (χ1) is 15.3. The number of nitrogens with zero attached hydrogens (tertiary/aromatic N) is 1. The number of aryl methyl sites for hydroxylation is 1. The van der Waals surface area contributed by atoms with Gasteiger partial charge >= 0.3 is 11.8 Å². The molecule has 3 rings (SSSR count). The third kappa shape index (κ3) is 6.57. The summed E-state index contributed by atoms with van der Waals surface area (Å²) in [5.41, 5.74) is 5.87. The van der Waals surface area contributed by atoms with Crippen molar-refractivity contribution in [3.8, 4) is 5.75 Å². The molecule has 6 nitrogen and oxygen atoms in total. The first kappa shape index (κ1) is 23.3. The van der Waals surface area contributed by atoms with E-state index >= 15 is 0 Å². The maximum atomic E-state index is 12.1. The van der Waals surface area contributed by atoms with Gasteiger partial charge in [-0.3, -0.25) is 9.59 Å². The van der Waals surface area contributed by atoms with E-state index in [1.807, 2.05) is 43.3 Å². The van der Waals surface area contributed by atoms with Crippen LogP contribution in [0.4, 0.5) is 5.69 Å². The number of nitrogens with one attached hydrogen (secondary N) is 2. The fourth-order valence-electron chi connectivity index (χ4n) is 2.65. The van der Waals surface area contributed by atoms with E-state index in [0.717, 1.165) is 16.7 Å². The molecule has 0 aliphatic rings. The lowest BCUT2D eigenvalue weighted by Gasteiger charge is -2.08. The fraction of sp³-hybridized carbons (Fsp3) is 0.125. The Morgan fingerprint density at radius 3 is 2.28 bits per heavy atom. The monoisotopic (exact) mass is 469 g/mol. The van der Waals surface area contributed by atoms with Gasteiger partial charge in [0, 0.05) is 15.7 Å².